The van der Waals surface area contributed by atoms with Gasteiger partial charge in [0.25, 0.3) is 0 Å². The lowest BCUT2D eigenvalue weighted by atomic mass is 10.3. The second-order valence-electron chi connectivity index (χ2n) is 4.78. The average Bonchev–Trinajstić information content (AvgIpc) is 2.75. The first-order valence-electron chi connectivity index (χ1n) is 6.34. The predicted octanol–water partition coefficient (Wildman–Crippen LogP) is 3.50. The molecule has 1 heterocycles. The maximum Gasteiger partial charge on any atom is 0.163 e. The lowest BCUT2D eigenvalue weighted by Crippen LogP contribution is -2.20. The van der Waals surface area contributed by atoms with E-state index in [1.807, 2.05) is 26.0 Å². The van der Waals surface area contributed by atoms with Gasteiger partial charge in [-0.05, 0) is 38.1 Å². The summed E-state index contributed by atoms with van der Waals surface area (Å²) in [5, 5.41) is 0. The normalized spacial score (nSPS) is 21.9. The first-order chi connectivity index (χ1) is 9.09. The van der Waals surface area contributed by atoms with Gasteiger partial charge in [0.15, 0.2) is 5.79 Å². The summed E-state index contributed by atoms with van der Waals surface area (Å²) in [7, 11) is 1.68. The van der Waals surface area contributed by atoms with Gasteiger partial charge in [0.2, 0.25) is 0 Å². The largest absolute Gasteiger partial charge is 0.497 e. The van der Waals surface area contributed by atoms with E-state index < -0.39 is 5.79 Å². The third-order valence-corrected chi connectivity index (χ3v) is 3.75. The molecule has 0 bridgehead atoms. The minimum absolute atomic E-state index is 0.0754. The number of rotatable bonds is 5. The van der Waals surface area contributed by atoms with Gasteiger partial charge >= 0.3 is 0 Å². The second kappa shape index (κ2) is 6.46. The van der Waals surface area contributed by atoms with Crippen LogP contribution in [0.25, 0.3) is 0 Å². The number of methoxy groups -OCH3 is 1. The summed E-state index contributed by atoms with van der Waals surface area (Å²) in [6.07, 6.45) is 4.28. The minimum atomic E-state index is -0.446. The van der Waals surface area contributed by atoms with Gasteiger partial charge in [0.1, 0.15) is 11.9 Å². The molecule has 0 unspecified atom stereocenters. The molecule has 1 fully saturated rings. The molecule has 0 spiro atoms. The van der Waals surface area contributed by atoms with Crippen molar-refractivity contribution in [2.24, 2.45) is 0 Å². The van der Waals surface area contributed by atoms with Gasteiger partial charge in [0.05, 0.1) is 13.7 Å². The number of hydrogen-bond acceptors (Lipinski definition) is 4. The molecule has 1 aliphatic heterocycles. The van der Waals surface area contributed by atoms with E-state index in [1.165, 1.54) is 4.90 Å². The van der Waals surface area contributed by atoms with E-state index in [0.29, 0.717) is 6.61 Å². The maximum atomic E-state index is 5.70. The van der Waals surface area contributed by atoms with Crippen LogP contribution in [-0.2, 0) is 9.47 Å². The number of benzene rings is 1. The Hall–Kier alpha value is -0.970. The Kier molecular flexibility index (Phi) is 4.91. The van der Waals surface area contributed by atoms with E-state index in [0.717, 1.165) is 11.5 Å². The number of hydrogen-bond donors (Lipinski definition) is 0. The van der Waals surface area contributed by atoms with Crippen molar-refractivity contribution in [3.05, 3.63) is 36.4 Å². The third kappa shape index (κ3) is 4.56. The summed E-state index contributed by atoms with van der Waals surface area (Å²) in [6.45, 7) is 4.51. The van der Waals surface area contributed by atoms with E-state index in [1.54, 1.807) is 18.9 Å². The monoisotopic (exact) mass is 280 g/mol. The van der Waals surface area contributed by atoms with Gasteiger partial charge in [-0.1, -0.05) is 12.2 Å². The molecule has 1 aliphatic rings. The molecule has 0 N–H and O–H groups in total. The highest BCUT2D eigenvalue weighted by Crippen LogP contribution is 2.24. The zero-order valence-corrected chi connectivity index (χ0v) is 12.4. The zero-order chi connectivity index (χ0) is 13.7. The third-order valence-electron chi connectivity index (χ3n) is 2.79. The molecule has 3 nitrogen and oxygen atoms in total. The molecule has 0 radical (unpaired) electrons. The molecule has 0 amide bonds. The van der Waals surface area contributed by atoms with Crippen molar-refractivity contribution in [3.63, 3.8) is 0 Å². The average molecular weight is 280 g/mol. The van der Waals surface area contributed by atoms with E-state index in [-0.39, 0.29) is 6.10 Å². The van der Waals surface area contributed by atoms with Crippen molar-refractivity contribution in [1.82, 2.24) is 0 Å². The molecule has 0 saturated carbocycles. The van der Waals surface area contributed by atoms with Crippen LogP contribution in [0.5, 0.6) is 5.75 Å². The molecule has 104 valence electrons. The highest BCUT2D eigenvalue weighted by molar-refractivity contribution is 7.99. The van der Waals surface area contributed by atoms with Crippen LogP contribution in [0.4, 0.5) is 0 Å². The van der Waals surface area contributed by atoms with Gasteiger partial charge in [-0.3, -0.25) is 0 Å². The topological polar surface area (TPSA) is 27.7 Å². The Labute approximate surface area is 118 Å². The Morgan fingerprint density at radius 3 is 2.68 bits per heavy atom. The van der Waals surface area contributed by atoms with Crippen molar-refractivity contribution in [2.45, 2.75) is 30.6 Å². The Balaban J connectivity index is 1.74. The summed E-state index contributed by atoms with van der Waals surface area (Å²) in [4.78, 5) is 1.23. The lowest BCUT2D eigenvalue weighted by molar-refractivity contribution is -0.133. The summed E-state index contributed by atoms with van der Waals surface area (Å²) in [5.41, 5.74) is 0. The van der Waals surface area contributed by atoms with Crippen LogP contribution in [0.2, 0.25) is 0 Å². The van der Waals surface area contributed by atoms with Gasteiger partial charge in [-0.15, -0.1) is 11.8 Å². The van der Waals surface area contributed by atoms with Gasteiger partial charge in [-0.2, -0.15) is 0 Å². The molecule has 1 aromatic carbocycles. The fraction of sp³-hybridized carbons (Fsp3) is 0.467. The van der Waals surface area contributed by atoms with Gasteiger partial charge in [0, 0.05) is 10.6 Å². The molecular formula is C15H20O3S. The first kappa shape index (κ1) is 14.4. The molecular weight excluding hydrogens is 260 g/mol. The maximum absolute atomic E-state index is 5.70. The first-order valence-corrected chi connectivity index (χ1v) is 7.33. The predicted molar refractivity (Wildman–Crippen MR) is 77.8 cm³/mol. The molecule has 1 saturated heterocycles. The summed E-state index contributed by atoms with van der Waals surface area (Å²) >= 11 is 1.78. The second-order valence-corrected chi connectivity index (χ2v) is 5.88. The molecule has 4 heteroatoms. The fourth-order valence-electron chi connectivity index (χ4n) is 1.83. The quantitative estimate of drug-likeness (QED) is 0.609. The SMILES string of the molecule is COc1ccc(SC/C=C/[C@H]2COC(C)(C)O2)cc1. The van der Waals surface area contributed by atoms with Crippen LogP contribution in [-0.4, -0.2) is 31.4 Å². The molecule has 19 heavy (non-hydrogen) atoms. The highest BCUT2D eigenvalue weighted by Gasteiger charge is 2.30. The van der Waals surface area contributed by atoms with Crippen molar-refractivity contribution >= 4 is 11.8 Å². The Bertz CT molecular complexity index is 426. The summed E-state index contributed by atoms with van der Waals surface area (Å²) < 4.78 is 16.3. The van der Waals surface area contributed by atoms with Crippen LogP contribution >= 0.6 is 11.8 Å². The van der Waals surface area contributed by atoms with E-state index >= 15 is 0 Å². The number of thioether (sulfide) groups is 1. The summed E-state index contributed by atoms with van der Waals surface area (Å²) in [5.74, 6) is 1.36. The van der Waals surface area contributed by atoms with Crippen LogP contribution in [0, 0.1) is 0 Å². The smallest absolute Gasteiger partial charge is 0.163 e. The lowest BCUT2D eigenvalue weighted by Gasteiger charge is -2.15. The van der Waals surface area contributed by atoms with Crippen molar-refractivity contribution in [2.75, 3.05) is 19.5 Å². The van der Waals surface area contributed by atoms with Crippen LogP contribution in [0.1, 0.15) is 13.8 Å². The Morgan fingerprint density at radius 1 is 1.37 bits per heavy atom. The standard InChI is InChI=1S/C15H20O3S/c1-15(2)17-11-13(18-15)5-4-10-19-14-8-6-12(16-3)7-9-14/h4-9,13H,10-11H2,1-3H3/b5-4+/t13-/m0/s1. The van der Waals surface area contributed by atoms with Crippen molar-refractivity contribution in [3.8, 4) is 5.75 Å². The molecule has 1 atom stereocenters. The molecule has 2 rings (SSSR count). The minimum Gasteiger partial charge on any atom is -0.497 e. The molecule has 0 aromatic heterocycles. The van der Waals surface area contributed by atoms with Crippen LogP contribution in [0.15, 0.2) is 41.3 Å². The van der Waals surface area contributed by atoms with Crippen LogP contribution < -0.4 is 4.74 Å². The Morgan fingerprint density at radius 2 is 2.11 bits per heavy atom. The highest BCUT2D eigenvalue weighted by atomic mass is 32.2. The van der Waals surface area contributed by atoms with Gasteiger partial charge in [-0.25, -0.2) is 0 Å². The summed E-state index contributed by atoms with van der Waals surface area (Å²) in [6, 6.07) is 8.08. The van der Waals surface area contributed by atoms with Gasteiger partial charge < -0.3 is 14.2 Å². The molecule has 1 aromatic rings. The molecule has 0 aliphatic carbocycles. The van der Waals surface area contributed by atoms with E-state index in [4.69, 9.17) is 14.2 Å². The van der Waals surface area contributed by atoms with Crippen molar-refractivity contribution < 1.29 is 14.2 Å². The van der Waals surface area contributed by atoms with Crippen molar-refractivity contribution in [1.29, 1.82) is 0 Å². The zero-order valence-electron chi connectivity index (χ0n) is 11.6. The van der Waals surface area contributed by atoms with E-state index in [9.17, 15) is 0 Å². The number of ether oxygens (including phenoxy) is 3. The van der Waals surface area contributed by atoms with Crippen LogP contribution in [0.3, 0.4) is 0 Å². The van der Waals surface area contributed by atoms with E-state index in [2.05, 4.69) is 24.3 Å². The fourth-order valence-corrected chi connectivity index (χ4v) is 2.56.